The maximum atomic E-state index is 11.8. The van der Waals surface area contributed by atoms with E-state index in [1.165, 1.54) is 0 Å². The molecule has 0 aromatic rings. The first kappa shape index (κ1) is 15.4. The van der Waals surface area contributed by atoms with Gasteiger partial charge in [0.25, 0.3) is 0 Å². The number of rotatable bonds is 7. The average molecular weight is 256 g/mol. The van der Waals surface area contributed by atoms with E-state index in [4.69, 9.17) is 4.74 Å². The molecule has 1 aliphatic heterocycles. The second-order valence-electron chi connectivity index (χ2n) is 5.27. The molecule has 0 aromatic heterocycles. The molecule has 1 rings (SSSR count). The van der Waals surface area contributed by atoms with E-state index in [0.29, 0.717) is 12.0 Å². The molecule has 106 valence electrons. The highest BCUT2D eigenvalue weighted by Crippen LogP contribution is 2.18. The van der Waals surface area contributed by atoms with Crippen molar-refractivity contribution in [2.75, 3.05) is 19.8 Å². The molecule has 1 saturated heterocycles. The van der Waals surface area contributed by atoms with Gasteiger partial charge >= 0.3 is 0 Å². The summed E-state index contributed by atoms with van der Waals surface area (Å²) in [7, 11) is 0. The smallest absolute Gasteiger partial charge is 0.236 e. The van der Waals surface area contributed by atoms with Gasteiger partial charge in [0.2, 0.25) is 5.91 Å². The van der Waals surface area contributed by atoms with Crippen molar-refractivity contribution in [2.24, 2.45) is 5.92 Å². The van der Waals surface area contributed by atoms with E-state index < -0.39 is 0 Å². The van der Waals surface area contributed by atoms with Crippen LogP contribution in [0.15, 0.2) is 0 Å². The Bertz CT molecular complexity index is 240. The minimum atomic E-state index is -0.111. The number of ether oxygens (including phenoxy) is 1. The largest absolute Gasteiger partial charge is 0.381 e. The summed E-state index contributed by atoms with van der Waals surface area (Å²) in [5.74, 6) is 0.743. The van der Waals surface area contributed by atoms with Crippen LogP contribution < -0.4 is 10.6 Å². The Morgan fingerprint density at radius 3 is 2.61 bits per heavy atom. The molecule has 2 atom stereocenters. The van der Waals surface area contributed by atoms with Crippen molar-refractivity contribution in [1.82, 2.24) is 10.6 Å². The van der Waals surface area contributed by atoms with Gasteiger partial charge in [0, 0.05) is 25.8 Å². The molecule has 2 N–H and O–H groups in total. The van der Waals surface area contributed by atoms with Crippen LogP contribution in [0.2, 0.25) is 0 Å². The number of hydrogen-bond acceptors (Lipinski definition) is 3. The van der Waals surface area contributed by atoms with E-state index in [0.717, 1.165) is 45.4 Å². The van der Waals surface area contributed by atoms with Gasteiger partial charge in [-0.05, 0) is 39.0 Å². The topological polar surface area (TPSA) is 50.4 Å². The minimum Gasteiger partial charge on any atom is -0.381 e. The lowest BCUT2D eigenvalue weighted by atomic mass is 9.92. The van der Waals surface area contributed by atoms with Crippen LogP contribution in [0, 0.1) is 5.92 Å². The minimum absolute atomic E-state index is 0.111. The highest BCUT2D eigenvalue weighted by Gasteiger charge is 2.23. The standard InChI is InChI=1S/C14H28N2O2/c1-4-5-8-15-14(17)12(3)16-11(2)13-6-9-18-10-7-13/h11-13,16H,4-10H2,1-3H3,(H,15,17). The molecule has 0 spiro atoms. The van der Waals surface area contributed by atoms with Crippen molar-refractivity contribution >= 4 is 5.91 Å². The number of unbranched alkanes of at least 4 members (excludes halogenated alkanes) is 1. The monoisotopic (exact) mass is 256 g/mol. The maximum absolute atomic E-state index is 11.8. The third kappa shape index (κ3) is 5.36. The predicted octanol–water partition coefficient (Wildman–Crippen LogP) is 1.70. The number of hydrogen-bond donors (Lipinski definition) is 2. The average Bonchev–Trinajstić information content (AvgIpc) is 2.39. The van der Waals surface area contributed by atoms with Gasteiger partial charge in [-0.15, -0.1) is 0 Å². The molecule has 1 heterocycles. The van der Waals surface area contributed by atoms with Crippen LogP contribution in [0.25, 0.3) is 0 Å². The molecule has 4 nitrogen and oxygen atoms in total. The van der Waals surface area contributed by atoms with Gasteiger partial charge in [-0.25, -0.2) is 0 Å². The summed E-state index contributed by atoms with van der Waals surface area (Å²) in [4.78, 5) is 11.8. The van der Waals surface area contributed by atoms with Crippen LogP contribution in [-0.4, -0.2) is 37.7 Å². The molecule has 1 fully saturated rings. The zero-order valence-electron chi connectivity index (χ0n) is 12.0. The highest BCUT2D eigenvalue weighted by molar-refractivity contribution is 5.81. The summed E-state index contributed by atoms with van der Waals surface area (Å²) in [5.41, 5.74) is 0. The molecule has 4 heteroatoms. The number of carbonyl (C=O) groups excluding carboxylic acids is 1. The van der Waals surface area contributed by atoms with E-state index in [2.05, 4.69) is 24.5 Å². The predicted molar refractivity (Wildman–Crippen MR) is 73.5 cm³/mol. The zero-order valence-corrected chi connectivity index (χ0v) is 12.0. The first-order chi connectivity index (χ1) is 8.65. The SMILES string of the molecule is CCCCNC(=O)C(C)NC(C)C1CCOCC1. The van der Waals surface area contributed by atoms with Gasteiger partial charge < -0.3 is 15.4 Å². The van der Waals surface area contributed by atoms with Gasteiger partial charge in [0.1, 0.15) is 0 Å². The van der Waals surface area contributed by atoms with Crippen molar-refractivity contribution in [2.45, 2.75) is 58.5 Å². The second kappa shape index (κ2) is 8.48. The van der Waals surface area contributed by atoms with E-state index >= 15 is 0 Å². The van der Waals surface area contributed by atoms with Gasteiger partial charge in [-0.2, -0.15) is 0 Å². The highest BCUT2D eigenvalue weighted by atomic mass is 16.5. The van der Waals surface area contributed by atoms with Gasteiger partial charge in [0.05, 0.1) is 6.04 Å². The number of amides is 1. The normalized spacial score (nSPS) is 20.4. The van der Waals surface area contributed by atoms with Crippen LogP contribution >= 0.6 is 0 Å². The second-order valence-corrected chi connectivity index (χ2v) is 5.27. The van der Waals surface area contributed by atoms with E-state index in [-0.39, 0.29) is 11.9 Å². The van der Waals surface area contributed by atoms with Crippen molar-refractivity contribution in [3.63, 3.8) is 0 Å². The quantitative estimate of drug-likeness (QED) is 0.682. The Morgan fingerprint density at radius 1 is 1.33 bits per heavy atom. The van der Waals surface area contributed by atoms with E-state index in [1.54, 1.807) is 0 Å². The third-order valence-corrected chi connectivity index (χ3v) is 3.71. The van der Waals surface area contributed by atoms with Crippen LogP contribution in [0.1, 0.15) is 46.5 Å². The lowest BCUT2D eigenvalue weighted by Crippen LogP contribution is -2.48. The molecule has 0 bridgehead atoms. The van der Waals surface area contributed by atoms with Crippen molar-refractivity contribution < 1.29 is 9.53 Å². The van der Waals surface area contributed by atoms with E-state index in [1.807, 2.05) is 6.92 Å². The van der Waals surface area contributed by atoms with Crippen molar-refractivity contribution in [3.8, 4) is 0 Å². The molecule has 18 heavy (non-hydrogen) atoms. The van der Waals surface area contributed by atoms with Gasteiger partial charge in [-0.3, -0.25) is 4.79 Å². The maximum Gasteiger partial charge on any atom is 0.236 e. The summed E-state index contributed by atoms with van der Waals surface area (Å²) >= 11 is 0. The summed E-state index contributed by atoms with van der Waals surface area (Å²) in [6.07, 6.45) is 4.35. The first-order valence-electron chi connectivity index (χ1n) is 7.26. The molecule has 0 saturated carbocycles. The Morgan fingerprint density at radius 2 is 2.00 bits per heavy atom. The molecule has 0 radical (unpaired) electrons. The lowest BCUT2D eigenvalue weighted by molar-refractivity contribution is -0.123. The number of nitrogens with one attached hydrogen (secondary N) is 2. The van der Waals surface area contributed by atoms with Crippen LogP contribution in [0.5, 0.6) is 0 Å². The Labute approximate surface area is 111 Å². The summed E-state index contributed by atoms with van der Waals surface area (Å²) in [6.45, 7) is 8.73. The lowest BCUT2D eigenvalue weighted by Gasteiger charge is -2.30. The van der Waals surface area contributed by atoms with Gasteiger partial charge in [0.15, 0.2) is 0 Å². The Hall–Kier alpha value is -0.610. The summed E-state index contributed by atoms with van der Waals surface area (Å²) in [6, 6.07) is 0.264. The van der Waals surface area contributed by atoms with E-state index in [9.17, 15) is 4.79 Å². The number of carbonyl (C=O) groups is 1. The van der Waals surface area contributed by atoms with Crippen molar-refractivity contribution in [1.29, 1.82) is 0 Å². The molecule has 2 unspecified atom stereocenters. The molecule has 1 amide bonds. The first-order valence-corrected chi connectivity index (χ1v) is 7.26. The van der Waals surface area contributed by atoms with Gasteiger partial charge in [-0.1, -0.05) is 13.3 Å². The van der Waals surface area contributed by atoms with Crippen LogP contribution in [-0.2, 0) is 9.53 Å². The fourth-order valence-electron chi connectivity index (χ4n) is 2.36. The summed E-state index contributed by atoms with van der Waals surface area (Å²) < 4.78 is 5.36. The molecular weight excluding hydrogens is 228 g/mol. The Kier molecular flexibility index (Phi) is 7.28. The summed E-state index contributed by atoms with van der Waals surface area (Å²) in [5, 5.41) is 6.37. The fraction of sp³-hybridized carbons (Fsp3) is 0.929. The molecular formula is C14H28N2O2. The fourth-order valence-corrected chi connectivity index (χ4v) is 2.36. The molecule has 0 aliphatic carbocycles. The van der Waals surface area contributed by atoms with Crippen molar-refractivity contribution in [3.05, 3.63) is 0 Å². The third-order valence-electron chi connectivity index (χ3n) is 3.71. The molecule has 1 aliphatic rings. The van der Waals surface area contributed by atoms with Crippen LogP contribution in [0.3, 0.4) is 0 Å². The van der Waals surface area contributed by atoms with Crippen LogP contribution in [0.4, 0.5) is 0 Å². The Balaban J connectivity index is 2.24. The molecule has 0 aromatic carbocycles. The zero-order chi connectivity index (χ0) is 13.4.